The van der Waals surface area contributed by atoms with Crippen LogP contribution in [0.5, 0.6) is 0 Å². The number of carbonyl (C=O) groups is 2. The Morgan fingerprint density at radius 2 is 1.91 bits per heavy atom. The van der Waals surface area contributed by atoms with Gasteiger partial charge in [-0.25, -0.2) is 9.97 Å². The van der Waals surface area contributed by atoms with Crippen LogP contribution >= 0.6 is 23.4 Å². The Hall–Kier alpha value is -2.98. The number of aliphatic hydroxyl groups excluding tert-OH is 1. The summed E-state index contributed by atoms with van der Waals surface area (Å²) < 4.78 is 0. The lowest BCUT2D eigenvalue weighted by Crippen LogP contribution is -2.47. The second-order valence-electron chi connectivity index (χ2n) is 8.47. The van der Waals surface area contributed by atoms with E-state index in [1.807, 2.05) is 43.3 Å². The highest BCUT2D eigenvalue weighted by molar-refractivity contribution is 8.18. The van der Waals surface area contributed by atoms with E-state index in [9.17, 15) is 9.59 Å². The first kappa shape index (κ1) is 23.7. The Morgan fingerprint density at radius 1 is 1.11 bits per heavy atom. The van der Waals surface area contributed by atoms with E-state index in [1.54, 1.807) is 6.08 Å². The van der Waals surface area contributed by atoms with Crippen LogP contribution < -0.4 is 10.2 Å². The summed E-state index contributed by atoms with van der Waals surface area (Å²) in [6, 6.07) is 11.7. The van der Waals surface area contributed by atoms with Crippen LogP contribution in [-0.4, -0.2) is 70.5 Å². The van der Waals surface area contributed by atoms with E-state index in [-0.39, 0.29) is 17.8 Å². The molecule has 3 aromatic rings. The Kier molecular flexibility index (Phi) is 6.75. The van der Waals surface area contributed by atoms with Gasteiger partial charge in [0.05, 0.1) is 33.4 Å². The second-order valence-corrected chi connectivity index (χ2v) is 9.89. The molecule has 0 saturated carbocycles. The van der Waals surface area contributed by atoms with Crippen molar-refractivity contribution in [3.05, 3.63) is 57.7 Å². The molecule has 2 aliphatic rings. The Morgan fingerprint density at radius 3 is 2.60 bits per heavy atom. The van der Waals surface area contributed by atoms with E-state index in [2.05, 4.69) is 20.1 Å². The predicted octanol–water partition coefficient (Wildman–Crippen LogP) is 3.70. The summed E-state index contributed by atoms with van der Waals surface area (Å²) >= 11 is 7.64. The third-order valence-electron chi connectivity index (χ3n) is 6.12. The number of aryl methyl sites for hydroxylation is 1. The molecule has 2 amide bonds. The van der Waals surface area contributed by atoms with Gasteiger partial charge in [-0.3, -0.25) is 19.8 Å². The average molecular weight is 510 g/mol. The van der Waals surface area contributed by atoms with Gasteiger partial charge >= 0.3 is 0 Å². The van der Waals surface area contributed by atoms with Crippen molar-refractivity contribution < 1.29 is 14.7 Å². The molecule has 35 heavy (non-hydrogen) atoms. The number of nitrogens with zero attached hydrogens (tertiary/aromatic N) is 4. The molecule has 8 nitrogen and oxygen atoms in total. The first-order valence-electron chi connectivity index (χ1n) is 11.3. The highest BCUT2D eigenvalue weighted by Crippen LogP contribution is 2.35. The molecule has 10 heteroatoms. The van der Waals surface area contributed by atoms with Crippen LogP contribution in [0, 0.1) is 6.92 Å². The molecule has 2 aromatic carbocycles. The van der Waals surface area contributed by atoms with Crippen molar-refractivity contribution in [2.75, 3.05) is 44.2 Å². The first-order valence-corrected chi connectivity index (χ1v) is 12.5. The van der Waals surface area contributed by atoms with Gasteiger partial charge in [0.1, 0.15) is 5.82 Å². The number of β-amino-alcohol motifs (C(OH)–C–C–N with tert-alkyl or cyclic N) is 1. The van der Waals surface area contributed by atoms with Crippen LogP contribution in [0.1, 0.15) is 11.4 Å². The number of hydrogen-bond acceptors (Lipinski definition) is 8. The van der Waals surface area contributed by atoms with Crippen molar-refractivity contribution in [2.45, 2.75) is 6.92 Å². The fourth-order valence-corrected chi connectivity index (χ4v) is 5.39. The molecule has 0 aliphatic carbocycles. The van der Waals surface area contributed by atoms with Crippen molar-refractivity contribution in [3.8, 4) is 11.3 Å². The van der Waals surface area contributed by atoms with E-state index in [1.165, 1.54) is 0 Å². The standard InChI is InChI=1S/C25H24ClN5O3S/c1-15-27-20-4-2-16(13-22-24(33)29-25(34)35-22)12-18(20)23(28-15)17-3-5-21(19(26)14-17)31-8-6-30(7-9-31)10-11-32/h2-5,12-14,32H,6-11H2,1H3,(H,29,33,34)/b22-13-. The van der Waals surface area contributed by atoms with Gasteiger partial charge in [-0.2, -0.15) is 0 Å². The fraction of sp³-hybridized carbons (Fsp3) is 0.280. The Bertz CT molecular complexity index is 1350. The highest BCUT2D eigenvalue weighted by atomic mass is 35.5. The van der Waals surface area contributed by atoms with Gasteiger partial charge in [0.15, 0.2) is 0 Å². The maximum Gasteiger partial charge on any atom is 0.290 e. The minimum absolute atomic E-state index is 0.171. The predicted molar refractivity (Wildman–Crippen MR) is 140 cm³/mol. The number of aliphatic hydroxyl groups is 1. The molecular formula is C25H24ClN5O3S. The average Bonchev–Trinajstić information content (AvgIpc) is 3.15. The number of piperazine rings is 1. The summed E-state index contributed by atoms with van der Waals surface area (Å²) in [6.45, 7) is 6.18. The first-order chi connectivity index (χ1) is 16.9. The third kappa shape index (κ3) is 5.04. The number of halogens is 1. The van der Waals surface area contributed by atoms with E-state index < -0.39 is 0 Å². The van der Waals surface area contributed by atoms with Crippen molar-refractivity contribution in [3.63, 3.8) is 0 Å². The molecule has 5 rings (SSSR count). The molecule has 0 bridgehead atoms. The molecule has 0 spiro atoms. The van der Waals surface area contributed by atoms with Gasteiger partial charge in [-0.15, -0.1) is 0 Å². The molecular weight excluding hydrogens is 486 g/mol. The third-order valence-corrected chi connectivity index (χ3v) is 7.24. The number of amides is 2. The summed E-state index contributed by atoms with van der Waals surface area (Å²) in [5.41, 5.74) is 4.18. The molecule has 0 atom stereocenters. The number of aromatic nitrogens is 2. The summed E-state index contributed by atoms with van der Waals surface area (Å²) in [5.74, 6) is 0.259. The number of fused-ring (bicyclic) bond motifs is 1. The SMILES string of the molecule is Cc1nc(-c2ccc(N3CCN(CCO)CC3)c(Cl)c2)c2cc(/C=C3\SC(=O)NC3=O)ccc2n1. The van der Waals surface area contributed by atoms with Crippen molar-refractivity contribution in [2.24, 2.45) is 0 Å². The monoisotopic (exact) mass is 509 g/mol. The number of anilines is 1. The zero-order chi connectivity index (χ0) is 24.5. The minimum Gasteiger partial charge on any atom is -0.395 e. The fourth-order valence-electron chi connectivity index (χ4n) is 4.41. The van der Waals surface area contributed by atoms with Crippen LogP contribution in [-0.2, 0) is 4.79 Å². The van der Waals surface area contributed by atoms with Crippen LogP contribution in [0.2, 0.25) is 5.02 Å². The molecule has 3 heterocycles. The number of carbonyl (C=O) groups excluding carboxylic acids is 2. The number of benzene rings is 2. The lowest BCUT2D eigenvalue weighted by atomic mass is 10.0. The minimum atomic E-state index is -0.389. The molecule has 2 aliphatic heterocycles. The molecule has 1 aromatic heterocycles. The molecule has 2 N–H and O–H groups in total. The Balaban J connectivity index is 1.48. The summed E-state index contributed by atoms with van der Waals surface area (Å²) in [7, 11) is 0. The zero-order valence-electron chi connectivity index (χ0n) is 19.1. The van der Waals surface area contributed by atoms with Gasteiger partial charge in [-0.1, -0.05) is 23.7 Å². The van der Waals surface area contributed by atoms with Gasteiger partial charge in [-0.05, 0) is 54.6 Å². The lowest BCUT2D eigenvalue weighted by molar-refractivity contribution is -0.115. The molecule has 2 fully saturated rings. The summed E-state index contributed by atoms with van der Waals surface area (Å²) in [4.78, 5) is 37.6. The van der Waals surface area contributed by atoms with E-state index in [0.29, 0.717) is 22.3 Å². The van der Waals surface area contributed by atoms with Crippen LogP contribution in [0.3, 0.4) is 0 Å². The number of hydrogen-bond donors (Lipinski definition) is 2. The van der Waals surface area contributed by atoms with E-state index in [0.717, 1.165) is 71.4 Å². The number of nitrogens with one attached hydrogen (secondary N) is 1. The number of thioether (sulfide) groups is 1. The Labute approximate surface area is 212 Å². The van der Waals surface area contributed by atoms with Crippen molar-refractivity contribution in [1.29, 1.82) is 0 Å². The summed E-state index contributed by atoms with van der Waals surface area (Å²) in [6.07, 6.45) is 1.69. The van der Waals surface area contributed by atoms with Crippen LogP contribution in [0.25, 0.3) is 28.2 Å². The maximum atomic E-state index is 12.0. The maximum absolute atomic E-state index is 12.0. The van der Waals surface area contributed by atoms with Crippen LogP contribution in [0.15, 0.2) is 41.3 Å². The zero-order valence-corrected chi connectivity index (χ0v) is 20.7. The van der Waals surface area contributed by atoms with E-state index in [4.69, 9.17) is 21.7 Å². The lowest BCUT2D eigenvalue weighted by Gasteiger charge is -2.36. The molecule has 0 unspecified atom stereocenters. The smallest absolute Gasteiger partial charge is 0.290 e. The van der Waals surface area contributed by atoms with Crippen LogP contribution in [0.4, 0.5) is 10.5 Å². The highest BCUT2D eigenvalue weighted by Gasteiger charge is 2.25. The number of imide groups is 1. The normalized spacial score (nSPS) is 18.0. The number of rotatable bonds is 5. The topological polar surface area (TPSA) is 98.7 Å². The van der Waals surface area contributed by atoms with E-state index >= 15 is 0 Å². The van der Waals surface area contributed by atoms with Crippen molar-refractivity contribution >= 4 is 57.2 Å². The van der Waals surface area contributed by atoms with Gasteiger partial charge in [0.2, 0.25) is 0 Å². The van der Waals surface area contributed by atoms with Gasteiger partial charge < -0.3 is 10.0 Å². The summed E-state index contributed by atoms with van der Waals surface area (Å²) in [5, 5.41) is 12.6. The molecule has 0 radical (unpaired) electrons. The largest absolute Gasteiger partial charge is 0.395 e. The molecule has 2 saturated heterocycles. The second kappa shape index (κ2) is 9.94. The quantitative estimate of drug-likeness (QED) is 0.502. The molecule has 180 valence electrons. The van der Waals surface area contributed by atoms with Gasteiger partial charge in [0.25, 0.3) is 11.1 Å². The van der Waals surface area contributed by atoms with Gasteiger partial charge in [0, 0.05) is 43.7 Å². The van der Waals surface area contributed by atoms with Crippen molar-refractivity contribution in [1.82, 2.24) is 20.2 Å².